The Bertz CT molecular complexity index is 88.7. The first-order chi connectivity index (χ1) is 4.84. The third kappa shape index (κ3) is 1.98. The summed E-state index contributed by atoms with van der Waals surface area (Å²) in [4.78, 5) is 0. The van der Waals surface area contributed by atoms with Crippen molar-refractivity contribution < 1.29 is 4.74 Å². The van der Waals surface area contributed by atoms with Gasteiger partial charge in [-0.15, -0.1) is 0 Å². The normalized spacial score (nSPS) is 34.2. The summed E-state index contributed by atoms with van der Waals surface area (Å²) in [7, 11) is 1.81. The van der Waals surface area contributed by atoms with Gasteiger partial charge in [-0.2, -0.15) is 0 Å². The molecule has 1 rings (SSSR count). The van der Waals surface area contributed by atoms with Crippen molar-refractivity contribution in [2.75, 3.05) is 13.7 Å². The Morgan fingerprint density at radius 2 is 2.00 bits per heavy atom. The molecule has 2 atom stereocenters. The van der Waals surface area contributed by atoms with Crippen LogP contribution in [0.4, 0.5) is 0 Å². The molecule has 0 radical (unpaired) electrons. The number of hydrogen-bond acceptors (Lipinski definition) is 1. The van der Waals surface area contributed by atoms with Gasteiger partial charge in [0.25, 0.3) is 0 Å². The molecule has 0 spiro atoms. The zero-order valence-corrected chi connectivity index (χ0v) is 7.10. The van der Waals surface area contributed by atoms with E-state index in [1.165, 1.54) is 25.7 Å². The van der Waals surface area contributed by atoms with Crippen LogP contribution in [0.25, 0.3) is 0 Å². The molecule has 0 N–H and O–H groups in total. The van der Waals surface area contributed by atoms with Crippen LogP contribution in [-0.4, -0.2) is 13.7 Å². The van der Waals surface area contributed by atoms with Gasteiger partial charge in [0.2, 0.25) is 0 Å². The highest BCUT2D eigenvalue weighted by molar-refractivity contribution is 4.71. The van der Waals surface area contributed by atoms with Gasteiger partial charge in [-0.3, -0.25) is 0 Å². The standard InChI is InChI=1S/C9H18O/c1-8-5-3-4-6-9(8)7-10-2/h8-9H,3-7H2,1-2H3/t8-,9+/m0/s1. The molecule has 0 bridgehead atoms. The van der Waals surface area contributed by atoms with Crippen molar-refractivity contribution in [3.05, 3.63) is 0 Å². The van der Waals surface area contributed by atoms with E-state index >= 15 is 0 Å². The van der Waals surface area contributed by atoms with Crippen LogP contribution in [0.5, 0.6) is 0 Å². The minimum absolute atomic E-state index is 0.846. The summed E-state index contributed by atoms with van der Waals surface area (Å²) in [5, 5.41) is 0. The van der Waals surface area contributed by atoms with Crippen LogP contribution >= 0.6 is 0 Å². The molecule has 0 aliphatic heterocycles. The first-order valence-corrected chi connectivity index (χ1v) is 4.33. The first kappa shape index (κ1) is 8.06. The van der Waals surface area contributed by atoms with E-state index in [9.17, 15) is 0 Å². The van der Waals surface area contributed by atoms with E-state index < -0.39 is 0 Å². The van der Waals surface area contributed by atoms with Crippen LogP contribution in [0.15, 0.2) is 0 Å². The molecule has 1 nitrogen and oxygen atoms in total. The van der Waals surface area contributed by atoms with Crippen molar-refractivity contribution in [3.8, 4) is 0 Å². The lowest BCUT2D eigenvalue weighted by atomic mass is 9.81. The molecule has 1 saturated carbocycles. The van der Waals surface area contributed by atoms with Gasteiger partial charge >= 0.3 is 0 Å². The number of ether oxygens (including phenoxy) is 1. The Morgan fingerprint density at radius 3 is 2.60 bits per heavy atom. The van der Waals surface area contributed by atoms with E-state index in [-0.39, 0.29) is 0 Å². The van der Waals surface area contributed by atoms with Crippen LogP contribution < -0.4 is 0 Å². The highest BCUT2D eigenvalue weighted by Gasteiger charge is 2.20. The van der Waals surface area contributed by atoms with Crippen LogP contribution in [-0.2, 0) is 4.74 Å². The molecule has 1 aliphatic rings. The third-order valence-electron chi connectivity index (χ3n) is 2.67. The summed E-state index contributed by atoms with van der Waals surface area (Å²) in [6.07, 6.45) is 5.64. The Morgan fingerprint density at radius 1 is 1.30 bits per heavy atom. The zero-order valence-electron chi connectivity index (χ0n) is 7.10. The lowest BCUT2D eigenvalue weighted by Crippen LogP contribution is -2.20. The van der Waals surface area contributed by atoms with Gasteiger partial charge in [-0.1, -0.05) is 26.2 Å². The summed E-state index contributed by atoms with van der Waals surface area (Å²) in [5.41, 5.74) is 0. The van der Waals surface area contributed by atoms with Crippen molar-refractivity contribution >= 4 is 0 Å². The summed E-state index contributed by atoms with van der Waals surface area (Å²) in [6.45, 7) is 3.32. The van der Waals surface area contributed by atoms with Crippen molar-refractivity contribution in [2.45, 2.75) is 32.6 Å². The number of methoxy groups -OCH3 is 1. The van der Waals surface area contributed by atoms with Gasteiger partial charge in [0, 0.05) is 13.7 Å². The fourth-order valence-electron chi connectivity index (χ4n) is 1.85. The lowest BCUT2D eigenvalue weighted by molar-refractivity contribution is 0.101. The quantitative estimate of drug-likeness (QED) is 0.575. The van der Waals surface area contributed by atoms with Crippen LogP contribution in [0, 0.1) is 11.8 Å². The summed E-state index contributed by atoms with van der Waals surface area (Å²) in [6, 6.07) is 0. The number of hydrogen-bond donors (Lipinski definition) is 0. The monoisotopic (exact) mass is 142 g/mol. The van der Waals surface area contributed by atoms with E-state index in [2.05, 4.69) is 6.92 Å². The van der Waals surface area contributed by atoms with E-state index in [0.29, 0.717) is 0 Å². The third-order valence-corrected chi connectivity index (χ3v) is 2.67. The Kier molecular flexibility index (Phi) is 3.20. The lowest BCUT2D eigenvalue weighted by Gasteiger charge is -2.27. The molecule has 10 heavy (non-hydrogen) atoms. The molecule has 0 aromatic carbocycles. The topological polar surface area (TPSA) is 9.23 Å². The van der Waals surface area contributed by atoms with Gasteiger partial charge in [-0.25, -0.2) is 0 Å². The molecule has 0 heterocycles. The molecule has 0 aromatic rings. The van der Waals surface area contributed by atoms with Gasteiger partial charge in [-0.05, 0) is 18.3 Å². The molecule has 0 amide bonds. The average molecular weight is 142 g/mol. The highest BCUT2D eigenvalue weighted by Crippen LogP contribution is 2.29. The maximum absolute atomic E-state index is 5.15. The minimum atomic E-state index is 0.846. The zero-order chi connectivity index (χ0) is 7.40. The predicted molar refractivity (Wildman–Crippen MR) is 43.0 cm³/mol. The molecular weight excluding hydrogens is 124 g/mol. The highest BCUT2D eigenvalue weighted by atomic mass is 16.5. The maximum atomic E-state index is 5.15. The van der Waals surface area contributed by atoms with Crippen LogP contribution in [0.1, 0.15) is 32.6 Å². The van der Waals surface area contributed by atoms with Gasteiger partial charge in [0.15, 0.2) is 0 Å². The molecule has 0 aromatic heterocycles. The largest absolute Gasteiger partial charge is 0.384 e. The second-order valence-corrected chi connectivity index (χ2v) is 3.48. The van der Waals surface area contributed by atoms with E-state index in [1.807, 2.05) is 0 Å². The molecule has 0 unspecified atom stereocenters. The Balaban J connectivity index is 2.25. The Labute approximate surface area is 63.8 Å². The fraction of sp³-hybridized carbons (Fsp3) is 1.00. The first-order valence-electron chi connectivity index (χ1n) is 4.33. The fourth-order valence-corrected chi connectivity index (χ4v) is 1.85. The second-order valence-electron chi connectivity index (χ2n) is 3.48. The van der Waals surface area contributed by atoms with Crippen molar-refractivity contribution in [2.24, 2.45) is 11.8 Å². The molecule has 0 saturated heterocycles. The maximum Gasteiger partial charge on any atom is 0.0493 e. The molecule has 60 valence electrons. The minimum Gasteiger partial charge on any atom is -0.384 e. The Hall–Kier alpha value is -0.0400. The van der Waals surface area contributed by atoms with Crippen molar-refractivity contribution in [3.63, 3.8) is 0 Å². The van der Waals surface area contributed by atoms with Gasteiger partial charge in [0.05, 0.1) is 0 Å². The van der Waals surface area contributed by atoms with Crippen molar-refractivity contribution in [1.29, 1.82) is 0 Å². The molecule has 1 fully saturated rings. The van der Waals surface area contributed by atoms with E-state index in [0.717, 1.165) is 18.4 Å². The predicted octanol–water partition coefficient (Wildman–Crippen LogP) is 2.46. The average Bonchev–Trinajstić information content (AvgIpc) is 1.94. The summed E-state index contributed by atoms with van der Waals surface area (Å²) in [5.74, 6) is 1.74. The smallest absolute Gasteiger partial charge is 0.0493 e. The number of rotatable bonds is 2. The van der Waals surface area contributed by atoms with Gasteiger partial charge in [0.1, 0.15) is 0 Å². The van der Waals surface area contributed by atoms with Crippen LogP contribution in [0.2, 0.25) is 0 Å². The van der Waals surface area contributed by atoms with Crippen molar-refractivity contribution in [1.82, 2.24) is 0 Å². The van der Waals surface area contributed by atoms with Crippen LogP contribution in [0.3, 0.4) is 0 Å². The van der Waals surface area contributed by atoms with E-state index in [4.69, 9.17) is 4.74 Å². The van der Waals surface area contributed by atoms with Gasteiger partial charge < -0.3 is 4.74 Å². The summed E-state index contributed by atoms with van der Waals surface area (Å²) >= 11 is 0. The molecule has 1 heteroatoms. The van der Waals surface area contributed by atoms with E-state index in [1.54, 1.807) is 7.11 Å². The summed E-state index contributed by atoms with van der Waals surface area (Å²) < 4.78 is 5.15. The molecule has 1 aliphatic carbocycles. The SMILES string of the molecule is COC[C@H]1CCCC[C@@H]1C. The second kappa shape index (κ2) is 3.97. The molecular formula is C9H18O.